The van der Waals surface area contributed by atoms with Crippen LogP contribution in [0.1, 0.15) is 21.7 Å². The van der Waals surface area contributed by atoms with Gasteiger partial charge in [0.15, 0.2) is 5.69 Å². The summed E-state index contributed by atoms with van der Waals surface area (Å²) in [6.07, 6.45) is -4.92. The van der Waals surface area contributed by atoms with Crippen LogP contribution in [0.2, 0.25) is 10.0 Å². The SMILES string of the molecule is Cc1c(C(=O)NS(=O)(=O)c2cc(C(F)(F)F)ccc2F)nnn1-c1ccc(Cl)cc1Cl. The lowest BCUT2D eigenvalue weighted by Crippen LogP contribution is -2.32. The van der Waals surface area contributed by atoms with Crippen molar-refractivity contribution in [3.8, 4) is 5.69 Å². The number of aromatic nitrogens is 3. The summed E-state index contributed by atoms with van der Waals surface area (Å²) in [5.74, 6) is -2.80. The van der Waals surface area contributed by atoms with Gasteiger partial charge in [0.25, 0.3) is 15.9 Å². The molecular weight excluding hydrogens is 487 g/mol. The Balaban J connectivity index is 1.94. The van der Waals surface area contributed by atoms with Crippen molar-refractivity contribution in [1.82, 2.24) is 19.7 Å². The van der Waals surface area contributed by atoms with Gasteiger partial charge in [-0.2, -0.15) is 13.2 Å². The van der Waals surface area contributed by atoms with Gasteiger partial charge in [-0.15, -0.1) is 5.10 Å². The zero-order valence-corrected chi connectivity index (χ0v) is 17.5. The van der Waals surface area contributed by atoms with Crippen LogP contribution < -0.4 is 4.72 Å². The molecular formula is C17H10Cl2F4N4O3S. The Labute approximate surface area is 182 Å². The molecule has 1 amide bonds. The summed E-state index contributed by atoms with van der Waals surface area (Å²) in [4.78, 5) is 11.1. The van der Waals surface area contributed by atoms with Gasteiger partial charge in [0.2, 0.25) is 0 Å². The number of benzene rings is 2. The topological polar surface area (TPSA) is 93.9 Å². The van der Waals surface area contributed by atoms with Crippen molar-refractivity contribution in [3.63, 3.8) is 0 Å². The summed E-state index contributed by atoms with van der Waals surface area (Å²) >= 11 is 11.9. The van der Waals surface area contributed by atoms with Crippen LogP contribution in [0.25, 0.3) is 5.69 Å². The van der Waals surface area contributed by atoms with E-state index in [0.29, 0.717) is 17.2 Å². The number of hydrogen-bond acceptors (Lipinski definition) is 5. The van der Waals surface area contributed by atoms with Gasteiger partial charge in [-0.05, 0) is 43.3 Å². The van der Waals surface area contributed by atoms with Crippen LogP contribution in [0.3, 0.4) is 0 Å². The maximum absolute atomic E-state index is 13.9. The summed E-state index contributed by atoms with van der Waals surface area (Å²) in [6, 6.07) is 5.17. The molecule has 1 heterocycles. The standard InChI is InChI=1S/C17H10Cl2F4N4O3S/c1-8-15(24-26-27(8)13-5-3-10(18)7-11(13)19)16(28)25-31(29,30)14-6-9(17(21,22)23)2-4-12(14)20/h2-7H,1H3,(H,25,28). The van der Waals surface area contributed by atoms with Crippen molar-refractivity contribution in [2.24, 2.45) is 0 Å². The van der Waals surface area contributed by atoms with Gasteiger partial charge in [-0.25, -0.2) is 22.2 Å². The molecule has 0 unspecified atom stereocenters. The van der Waals surface area contributed by atoms with Crippen molar-refractivity contribution in [1.29, 1.82) is 0 Å². The highest BCUT2D eigenvalue weighted by atomic mass is 35.5. The first-order valence-corrected chi connectivity index (χ1v) is 10.4. The number of halogens is 6. The van der Waals surface area contributed by atoms with Gasteiger partial charge < -0.3 is 0 Å². The molecule has 2 aromatic carbocycles. The Morgan fingerprint density at radius 2 is 1.81 bits per heavy atom. The van der Waals surface area contributed by atoms with Crippen molar-refractivity contribution in [3.05, 3.63) is 69.2 Å². The molecule has 0 aliphatic rings. The van der Waals surface area contributed by atoms with Gasteiger partial charge >= 0.3 is 6.18 Å². The first-order chi connectivity index (χ1) is 14.3. The van der Waals surface area contributed by atoms with E-state index in [-0.39, 0.29) is 22.5 Å². The Kier molecular flexibility index (Phi) is 6.00. The fourth-order valence-corrected chi connectivity index (χ4v) is 4.08. The molecule has 0 atom stereocenters. The van der Waals surface area contributed by atoms with E-state index >= 15 is 0 Å². The lowest BCUT2D eigenvalue weighted by Gasteiger charge is -2.11. The fourth-order valence-electron chi connectivity index (χ4n) is 2.53. The van der Waals surface area contributed by atoms with Gasteiger partial charge in [-0.3, -0.25) is 4.79 Å². The molecule has 0 aliphatic heterocycles. The molecule has 1 aromatic heterocycles. The van der Waals surface area contributed by atoms with Crippen molar-refractivity contribution < 1.29 is 30.8 Å². The van der Waals surface area contributed by atoms with Crippen LogP contribution in [0.4, 0.5) is 17.6 Å². The highest BCUT2D eigenvalue weighted by Crippen LogP contribution is 2.31. The second kappa shape index (κ2) is 8.09. The lowest BCUT2D eigenvalue weighted by atomic mass is 10.2. The monoisotopic (exact) mass is 496 g/mol. The highest BCUT2D eigenvalue weighted by Gasteiger charge is 2.34. The predicted molar refractivity (Wildman–Crippen MR) is 102 cm³/mol. The zero-order chi connectivity index (χ0) is 23.1. The van der Waals surface area contributed by atoms with Crippen LogP contribution in [0.5, 0.6) is 0 Å². The Bertz CT molecular complexity index is 1290. The molecule has 0 saturated heterocycles. The zero-order valence-electron chi connectivity index (χ0n) is 15.2. The van der Waals surface area contributed by atoms with Crippen LogP contribution in [0.15, 0.2) is 41.3 Å². The van der Waals surface area contributed by atoms with Crippen LogP contribution in [-0.2, 0) is 16.2 Å². The second-order valence-corrected chi connectivity index (χ2v) is 8.60. The lowest BCUT2D eigenvalue weighted by molar-refractivity contribution is -0.137. The number of rotatable bonds is 4. The summed E-state index contributed by atoms with van der Waals surface area (Å²) < 4.78 is 79.8. The van der Waals surface area contributed by atoms with Gasteiger partial charge in [0.1, 0.15) is 10.7 Å². The van der Waals surface area contributed by atoms with E-state index in [4.69, 9.17) is 23.2 Å². The molecule has 0 aliphatic carbocycles. The van der Waals surface area contributed by atoms with Crippen LogP contribution in [-0.4, -0.2) is 29.3 Å². The van der Waals surface area contributed by atoms with E-state index in [1.807, 2.05) is 0 Å². The minimum Gasteiger partial charge on any atom is -0.266 e. The maximum atomic E-state index is 13.9. The molecule has 14 heteroatoms. The van der Waals surface area contributed by atoms with E-state index < -0.39 is 44.1 Å². The molecule has 0 fully saturated rings. The number of alkyl halides is 3. The second-order valence-electron chi connectivity index (χ2n) is 6.11. The van der Waals surface area contributed by atoms with E-state index in [0.717, 1.165) is 4.68 Å². The summed E-state index contributed by atoms with van der Waals surface area (Å²) in [6.45, 7) is 1.37. The highest BCUT2D eigenvalue weighted by molar-refractivity contribution is 7.90. The molecule has 3 aromatic rings. The number of carbonyl (C=O) groups excluding carboxylic acids is 1. The maximum Gasteiger partial charge on any atom is 0.416 e. The average Bonchev–Trinajstić information content (AvgIpc) is 3.02. The molecule has 0 radical (unpaired) electrons. The van der Waals surface area contributed by atoms with Crippen LogP contribution in [0, 0.1) is 12.7 Å². The molecule has 31 heavy (non-hydrogen) atoms. The van der Waals surface area contributed by atoms with E-state index in [1.165, 1.54) is 29.8 Å². The predicted octanol–water partition coefficient (Wildman–Crippen LogP) is 4.16. The molecule has 7 nitrogen and oxygen atoms in total. The van der Waals surface area contributed by atoms with Gasteiger partial charge in [-0.1, -0.05) is 28.4 Å². The minimum atomic E-state index is -5.00. The molecule has 0 spiro atoms. The smallest absolute Gasteiger partial charge is 0.266 e. The van der Waals surface area contributed by atoms with Crippen molar-refractivity contribution >= 4 is 39.1 Å². The van der Waals surface area contributed by atoms with Gasteiger partial charge in [0, 0.05) is 5.02 Å². The van der Waals surface area contributed by atoms with Crippen molar-refractivity contribution in [2.75, 3.05) is 0 Å². The molecule has 0 bridgehead atoms. The molecule has 1 N–H and O–H groups in total. The quantitative estimate of drug-likeness (QED) is 0.547. The normalized spacial score (nSPS) is 12.1. The average molecular weight is 497 g/mol. The number of amides is 1. The third-order valence-corrected chi connectivity index (χ3v) is 5.91. The van der Waals surface area contributed by atoms with Crippen LogP contribution >= 0.6 is 23.2 Å². The Morgan fingerprint density at radius 3 is 2.42 bits per heavy atom. The fraction of sp³-hybridized carbons (Fsp3) is 0.118. The Morgan fingerprint density at radius 1 is 1.13 bits per heavy atom. The molecule has 0 saturated carbocycles. The van der Waals surface area contributed by atoms with E-state index in [1.54, 1.807) is 0 Å². The third-order valence-electron chi connectivity index (χ3n) is 4.02. The molecule has 3 rings (SSSR count). The van der Waals surface area contributed by atoms with Gasteiger partial charge in [0.05, 0.1) is 22.0 Å². The largest absolute Gasteiger partial charge is 0.416 e. The molecule has 164 valence electrons. The number of sulfonamides is 1. The third kappa shape index (κ3) is 4.65. The minimum absolute atomic E-state index is 0.0569. The Hall–Kier alpha value is -2.70. The van der Waals surface area contributed by atoms with E-state index in [2.05, 4.69) is 10.3 Å². The first kappa shape index (κ1) is 23.0. The number of nitrogens with zero attached hydrogens (tertiary/aromatic N) is 3. The summed E-state index contributed by atoms with van der Waals surface area (Å²) in [7, 11) is -5.00. The number of carbonyl (C=O) groups is 1. The number of hydrogen-bond donors (Lipinski definition) is 1. The van der Waals surface area contributed by atoms with E-state index in [9.17, 15) is 30.8 Å². The number of nitrogens with one attached hydrogen (secondary N) is 1. The summed E-state index contributed by atoms with van der Waals surface area (Å²) in [5, 5.41) is 7.80. The first-order valence-electron chi connectivity index (χ1n) is 8.13. The van der Waals surface area contributed by atoms with Crippen molar-refractivity contribution in [2.45, 2.75) is 18.0 Å². The summed E-state index contributed by atoms with van der Waals surface area (Å²) in [5.41, 5.74) is -1.54.